The van der Waals surface area contributed by atoms with Gasteiger partial charge in [0.15, 0.2) is 0 Å². The van der Waals surface area contributed by atoms with Gasteiger partial charge in [-0.05, 0) is 23.1 Å². The van der Waals surface area contributed by atoms with E-state index in [0.29, 0.717) is 11.1 Å². The van der Waals surface area contributed by atoms with Gasteiger partial charge in [0, 0.05) is 30.8 Å². The van der Waals surface area contributed by atoms with Crippen molar-refractivity contribution in [1.29, 1.82) is 0 Å². The molecule has 3 rings (SSSR count). The summed E-state index contributed by atoms with van der Waals surface area (Å²) in [6.45, 7) is -0.263. The van der Waals surface area contributed by atoms with Crippen LogP contribution in [0.25, 0.3) is 10.8 Å². The van der Waals surface area contributed by atoms with Gasteiger partial charge in [-0.15, -0.1) is 0 Å². The number of halogens is 1. The van der Waals surface area contributed by atoms with Crippen LogP contribution < -0.4 is 11.1 Å². The van der Waals surface area contributed by atoms with E-state index in [4.69, 9.17) is 5.73 Å². The molecule has 0 saturated carbocycles. The zero-order chi connectivity index (χ0) is 17.9. The summed E-state index contributed by atoms with van der Waals surface area (Å²) in [6, 6.07) is 13.0. The van der Waals surface area contributed by atoms with E-state index in [9.17, 15) is 14.3 Å². The van der Waals surface area contributed by atoms with Crippen LogP contribution in [0.3, 0.4) is 0 Å². The van der Waals surface area contributed by atoms with Gasteiger partial charge in [0.25, 0.3) is 5.91 Å². The molecule has 0 aliphatic heterocycles. The molecule has 1 amide bonds. The van der Waals surface area contributed by atoms with Crippen molar-refractivity contribution in [2.24, 2.45) is 5.73 Å². The highest BCUT2D eigenvalue weighted by atomic mass is 19.1. The molecule has 0 bridgehead atoms. The van der Waals surface area contributed by atoms with Crippen LogP contribution in [0.2, 0.25) is 0 Å². The number of amides is 1. The number of aliphatic hydroxyl groups is 1. The first-order valence-corrected chi connectivity index (χ1v) is 7.84. The monoisotopic (exact) mass is 339 g/mol. The number of pyridine rings is 1. The Bertz CT molecular complexity index is 911. The van der Waals surface area contributed by atoms with Gasteiger partial charge in [-0.25, -0.2) is 4.39 Å². The molecule has 3 aromatic rings. The highest BCUT2D eigenvalue weighted by molar-refractivity contribution is 6.06. The summed E-state index contributed by atoms with van der Waals surface area (Å²) in [5.41, 5.74) is 5.65. The second-order valence-electron chi connectivity index (χ2n) is 5.82. The van der Waals surface area contributed by atoms with Crippen molar-refractivity contribution in [3.63, 3.8) is 0 Å². The number of benzene rings is 2. The number of hydrogen-bond acceptors (Lipinski definition) is 4. The summed E-state index contributed by atoms with van der Waals surface area (Å²) in [5.74, 6) is -0.907. The summed E-state index contributed by atoms with van der Waals surface area (Å²) >= 11 is 0. The SMILES string of the molecule is NC(CCO)(NC(=O)c1cncc2ccccc12)c1cccc(F)c1. The maximum Gasteiger partial charge on any atom is 0.255 e. The van der Waals surface area contributed by atoms with Crippen LogP contribution in [0.4, 0.5) is 4.39 Å². The van der Waals surface area contributed by atoms with E-state index in [-0.39, 0.29) is 13.0 Å². The minimum absolute atomic E-state index is 0.0421. The topological polar surface area (TPSA) is 88.2 Å². The minimum atomic E-state index is -1.40. The third-order valence-electron chi connectivity index (χ3n) is 4.10. The largest absolute Gasteiger partial charge is 0.396 e. The standard InChI is InChI=1S/C19H18FN3O2/c20-15-6-3-5-14(10-15)19(21,8-9-24)23-18(25)17-12-22-11-13-4-1-2-7-16(13)17/h1-7,10-12,24H,8-9,21H2,(H,23,25). The lowest BCUT2D eigenvalue weighted by atomic mass is 9.96. The minimum Gasteiger partial charge on any atom is -0.396 e. The third kappa shape index (κ3) is 3.50. The summed E-state index contributed by atoms with van der Waals surface area (Å²) in [5, 5.41) is 13.6. The van der Waals surface area contributed by atoms with E-state index in [1.807, 2.05) is 24.3 Å². The molecule has 1 atom stereocenters. The first kappa shape index (κ1) is 17.0. The molecule has 4 N–H and O–H groups in total. The lowest BCUT2D eigenvalue weighted by Crippen LogP contribution is -2.53. The maximum absolute atomic E-state index is 13.6. The van der Waals surface area contributed by atoms with Crippen LogP contribution >= 0.6 is 0 Å². The third-order valence-corrected chi connectivity index (χ3v) is 4.10. The first-order chi connectivity index (χ1) is 12.0. The fourth-order valence-electron chi connectivity index (χ4n) is 2.79. The average Bonchev–Trinajstić information content (AvgIpc) is 2.61. The van der Waals surface area contributed by atoms with Crippen LogP contribution in [-0.2, 0) is 5.66 Å². The average molecular weight is 339 g/mol. The second-order valence-corrected chi connectivity index (χ2v) is 5.82. The highest BCUT2D eigenvalue weighted by Crippen LogP contribution is 2.23. The molecule has 0 spiro atoms. The van der Waals surface area contributed by atoms with Crippen LogP contribution in [0.15, 0.2) is 60.9 Å². The summed E-state index contributed by atoms with van der Waals surface area (Å²) in [4.78, 5) is 16.9. The fraction of sp³-hybridized carbons (Fsp3) is 0.158. The number of rotatable bonds is 5. The summed E-state index contributed by atoms with van der Waals surface area (Å²) < 4.78 is 13.6. The van der Waals surface area contributed by atoms with E-state index in [1.54, 1.807) is 12.3 Å². The number of nitrogens with zero attached hydrogens (tertiary/aromatic N) is 1. The zero-order valence-corrected chi connectivity index (χ0v) is 13.4. The van der Waals surface area contributed by atoms with Gasteiger partial charge < -0.3 is 16.2 Å². The number of nitrogens with one attached hydrogen (secondary N) is 1. The molecule has 1 unspecified atom stereocenters. The van der Waals surface area contributed by atoms with Gasteiger partial charge in [-0.3, -0.25) is 9.78 Å². The summed E-state index contributed by atoms with van der Waals surface area (Å²) in [6.07, 6.45) is 3.17. The Morgan fingerprint density at radius 1 is 1.20 bits per heavy atom. The molecular weight excluding hydrogens is 321 g/mol. The number of carbonyl (C=O) groups excluding carboxylic acids is 1. The molecule has 0 aliphatic rings. The Morgan fingerprint density at radius 2 is 2.00 bits per heavy atom. The van der Waals surface area contributed by atoms with Gasteiger partial charge in [0.05, 0.1) is 5.56 Å². The molecule has 128 valence electrons. The molecule has 25 heavy (non-hydrogen) atoms. The summed E-state index contributed by atoms with van der Waals surface area (Å²) in [7, 11) is 0. The molecule has 6 heteroatoms. The van der Waals surface area contributed by atoms with Crippen molar-refractivity contribution in [3.05, 3.63) is 77.9 Å². The molecule has 1 aromatic heterocycles. The van der Waals surface area contributed by atoms with Crippen LogP contribution in [0, 0.1) is 5.82 Å². The second kappa shape index (κ2) is 6.96. The Kier molecular flexibility index (Phi) is 4.74. The Balaban J connectivity index is 1.98. The lowest BCUT2D eigenvalue weighted by Gasteiger charge is -2.31. The van der Waals surface area contributed by atoms with Crippen molar-refractivity contribution in [1.82, 2.24) is 10.3 Å². The van der Waals surface area contributed by atoms with Gasteiger partial charge >= 0.3 is 0 Å². The van der Waals surface area contributed by atoms with Crippen molar-refractivity contribution in [2.75, 3.05) is 6.61 Å². The van der Waals surface area contributed by atoms with E-state index in [1.165, 1.54) is 24.4 Å². The quantitative estimate of drug-likeness (QED) is 0.622. The molecule has 2 aromatic carbocycles. The van der Waals surface area contributed by atoms with Crippen molar-refractivity contribution >= 4 is 16.7 Å². The molecule has 0 aliphatic carbocycles. The molecule has 0 radical (unpaired) electrons. The van der Waals surface area contributed by atoms with Gasteiger partial charge in [0.1, 0.15) is 11.5 Å². The predicted molar refractivity (Wildman–Crippen MR) is 93.2 cm³/mol. The highest BCUT2D eigenvalue weighted by Gasteiger charge is 2.30. The number of aliphatic hydroxyl groups excluding tert-OH is 1. The number of hydrogen-bond donors (Lipinski definition) is 3. The molecule has 1 heterocycles. The molecule has 5 nitrogen and oxygen atoms in total. The smallest absolute Gasteiger partial charge is 0.255 e. The van der Waals surface area contributed by atoms with E-state index in [2.05, 4.69) is 10.3 Å². The van der Waals surface area contributed by atoms with E-state index < -0.39 is 17.4 Å². The van der Waals surface area contributed by atoms with Crippen molar-refractivity contribution in [3.8, 4) is 0 Å². The van der Waals surface area contributed by atoms with Crippen LogP contribution in [-0.4, -0.2) is 22.6 Å². The zero-order valence-electron chi connectivity index (χ0n) is 13.4. The Labute approximate surface area is 144 Å². The van der Waals surface area contributed by atoms with E-state index in [0.717, 1.165) is 10.8 Å². The molecule has 0 saturated heterocycles. The van der Waals surface area contributed by atoms with E-state index >= 15 is 0 Å². The molecular formula is C19H18FN3O2. The van der Waals surface area contributed by atoms with Gasteiger partial charge in [-0.1, -0.05) is 36.4 Å². The van der Waals surface area contributed by atoms with Crippen molar-refractivity contribution < 1.29 is 14.3 Å². The van der Waals surface area contributed by atoms with Crippen LogP contribution in [0.5, 0.6) is 0 Å². The lowest BCUT2D eigenvalue weighted by molar-refractivity contribution is 0.0880. The number of aromatic nitrogens is 1. The maximum atomic E-state index is 13.6. The normalized spacial score (nSPS) is 13.4. The van der Waals surface area contributed by atoms with Gasteiger partial charge in [0.2, 0.25) is 0 Å². The van der Waals surface area contributed by atoms with Gasteiger partial charge in [-0.2, -0.15) is 0 Å². The number of nitrogens with two attached hydrogens (primary N) is 1. The van der Waals surface area contributed by atoms with Crippen molar-refractivity contribution in [2.45, 2.75) is 12.1 Å². The Morgan fingerprint density at radius 3 is 2.76 bits per heavy atom. The fourth-order valence-corrected chi connectivity index (χ4v) is 2.79. The Hall–Kier alpha value is -2.83. The number of carbonyl (C=O) groups is 1. The van der Waals surface area contributed by atoms with Crippen LogP contribution in [0.1, 0.15) is 22.3 Å². The molecule has 0 fully saturated rings. The predicted octanol–water partition coefficient (Wildman–Crippen LogP) is 2.30. The first-order valence-electron chi connectivity index (χ1n) is 7.84. The number of fused-ring (bicyclic) bond motifs is 1.